The number of ether oxygens (including phenoxy) is 1. The summed E-state index contributed by atoms with van der Waals surface area (Å²) in [4.78, 5) is 22.2. The van der Waals surface area contributed by atoms with Crippen molar-refractivity contribution < 1.29 is 9.53 Å². The van der Waals surface area contributed by atoms with Crippen LogP contribution in [0.5, 0.6) is 5.75 Å². The van der Waals surface area contributed by atoms with E-state index in [2.05, 4.69) is 28.0 Å². The zero-order chi connectivity index (χ0) is 24.4. The Morgan fingerprint density at radius 1 is 1.09 bits per heavy atom. The molecule has 1 N–H and O–H groups in total. The van der Waals surface area contributed by atoms with Crippen LogP contribution >= 0.6 is 0 Å². The number of rotatable bonds is 5. The van der Waals surface area contributed by atoms with E-state index in [1.807, 2.05) is 78.5 Å². The molecule has 7 heteroatoms. The average molecular weight is 470 g/mol. The minimum absolute atomic E-state index is 0.0699. The Hall–Kier alpha value is -4.00. The van der Waals surface area contributed by atoms with E-state index < -0.39 is 0 Å². The van der Waals surface area contributed by atoms with Crippen LogP contribution < -0.4 is 15.0 Å². The number of likely N-dealkylation sites (tertiary alicyclic amines) is 1. The third-order valence-electron chi connectivity index (χ3n) is 6.61. The number of nitrogens with one attached hydrogen (secondary N) is 1. The molecule has 0 saturated carbocycles. The first-order valence-electron chi connectivity index (χ1n) is 12.0. The Labute approximate surface area is 206 Å². The van der Waals surface area contributed by atoms with Crippen LogP contribution in [0.25, 0.3) is 16.8 Å². The van der Waals surface area contributed by atoms with Crippen molar-refractivity contribution in [1.82, 2.24) is 14.3 Å². The number of imidazole rings is 1. The molecule has 0 spiro atoms. The minimum Gasteiger partial charge on any atom is -0.497 e. The van der Waals surface area contributed by atoms with Crippen LogP contribution in [0.2, 0.25) is 0 Å². The number of benzene rings is 2. The van der Waals surface area contributed by atoms with Gasteiger partial charge in [-0.05, 0) is 55.3 Å². The molecule has 1 aliphatic rings. The monoisotopic (exact) mass is 469 g/mol. The number of carbonyl (C=O) groups excluding carboxylic acids is 1. The molecular formula is C28H31N5O2. The smallest absolute Gasteiger partial charge is 0.321 e. The summed E-state index contributed by atoms with van der Waals surface area (Å²) in [5, 5.41) is 3.08. The van der Waals surface area contributed by atoms with Crippen LogP contribution in [0, 0.1) is 0 Å². The predicted molar refractivity (Wildman–Crippen MR) is 141 cm³/mol. The molecule has 0 bridgehead atoms. The number of hydrogen-bond donors (Lipinski definition) is 1. The van der Waals surface area contributed by atoms with E-state index in [-0.39, 0.29) is 11.9 Å². The van der Waals surface area contributed by atoms with Gasteiger partial charge in [0.15, 0.2) is 0 Å². The van der Waals surface area contributed by atoms with Gasteiger partial charge in [-0.2, -0.15) is 0 Å². The van der Waals surface area contributed by atoms with Crippen molar-refractivity contribution in [1.29, 1.82) is 0 Å². The van der Waals surface area contributed by atoms with Crippen LogP contribution in [0.4, 0.5) is 16.2 Å². The van der Waals surface area contributed by atoms with Crippen LogP contribution in [0.3, 0.4) is 0 Å². The number of methoxy groups -OCH3 is 1. The molecule has 0 aliphatic carbocycles. The summed E-state index contributed by atoms with van der Waals surface area (Å²) in [6.45, 7) is 1.37. The molecule has 35 heavy (non-hydrogen) atoms. The quantitative estimate of drug-likeness (QED) is 0.420. The Balaban J connectivity index is 1.40. The fourth-order valence-electron chi connectivity index (χ4n) is 4.77. The maximum Gasteiger partial charge on any atom is 0.321 e. The number of nitrogens with zero attached hydrogens (tertiary/aromatic N) is 4. The number of aromatic nitrogens is 2. The fraction of sp³-hybridized carbons (Fsp3) is 0.286. The lowest BCUT2D eigenvalue weighted by molar-refractivity contribution is 0.191. The maximum atomic E-state index is 13.1. The van der Waals surface area contributed by atoms with Gasteiger partial charge in [0.1, 0.15) is 11.6 Å². The largest absolute Gasteiger partial charge is 0.497 e. The summed E-state index contributed by atoms with van der Waals surface area (Å²) in [5.41, 5.74) is 4.85. The Kier molecular flexibility index (Phi) is 6.31. The van der Waals surface area contributed by atoms with E-state index in [0.717, 1.165) is 59.1 Å². The van der Waals surface area contributed by atoms with Gasteiger partial charge in [-0.25, -0.2) is 9.78 Å². The first-order chi connectivity index (χ1) is 17.0. The predicted octanol–water partition coefficient (Wildman–Crippen LogP) is 5.49. The molecule has 0 radical (unpaired) electrons. The van der Waals surface area contributed by atoms with Gasteiger partial charge < -0.3 is 24.3 Å². The molecule has 2 amide bonds. The summed E-state index contributed by atoms with van der Waals surface area (Å²) in [5.74, 6) is 1.95. The number of amides is 2. The Bertz CT molecular complexity index is 1350. The minimum atomic E-state index is -0.0699. The SMILES string of the molecule is COc1cccc(-c2nc([C@@H]3CCCN(C(=O)Nc4cccc(N(C)C)c4)C3)n3ccccc23)c1. The number of carbonyl (C=O) groups is 1. The molecule has 1 saturated heterocycles. The number of fused-ring (bicyclic) bond motifs is 1. The standard InChI is InChI=1S/C28H31N5O2/c1-31(2)23-12-7-11-22(18-23)29-28(34)32-15-8-10-21(19-32)27-30-26(25-14-4-5-16-33(25)27)20-9-6-13-24(17-20)35-3/h4-7,9,11-14,16-18,21H,8,10,15,19H2,1-3H3,(H,29,34)/t21-/m1/s1. The van der Waals surface area contributed by atoms with Crippen LogP contribution in [0.1, 0.15) is 24.6 Å². The van der Waals surface area contributed by atoms with Crippen LogP contribution in [-0.4, -0.2) is 54.6 Å². The van der Waals surface area contributed by atoms with Crippen molar-refractivity contribution in [2.45, 2.75) is 18.8 Å². The zero-order valence-electron chi connectivity index (χ0n) is 20.4. The molecule has 7 nitrogen and oxygen atoms in total. The molecule has 2 aromatic carbocycles. The Morgan fingerprint density at radius 2 is 1.94 bits per heavy atom. The highest BCUT2D eigenvalue weighted by Gasteiger charge is 2.28. The number of urea groups is 1. The van der Waals surface area contributed by atoms with Crippen molar-refractivity contribution in [2.24, 2.45) is 0 Å². The third-order valence-corrected chi connectivity index (χ3v) is 6.61. The normalized spacial score (nSPS) is 15.7. The molecule has 3 heterocycles. The van der Waals surface area contributed by atoms with Gasteiger partial charge in [-0.15, -0.1) is 0 Å². The van der Waals surface area contributed by atoms with Gasteiger partial charge in [0.25, 0.3) is 0 Å². The van der Waals surface area contributed by atoms with Gasteiger partial charge in [-0.1, -0.05) is 24.3 Å². The lowest BCUT2D eigenvalue weighted by Gasteiger charge is -2.32. The maximum absolute atomic E-state index is 13.1. The first-order valence-corrected chi connectivity index (χ1v) is 12.0. The van der Waals surface area contributed by atoms with E-state index in [1.165, 1.54) is 0 Å². The lowest BCUT2D eigenvalue weighted by Crippen LogP contribution is -2.42. The summed E-state index contributed by atoms with van der Waals surface area (Å²) >= 11 is 0. The second kappa shape index (κ2) is 9.70. The highest BCUT2D eigenvalue weighted by atomic mass is 16.5. The molecular weight excluding hydrogens is 438 g/mol. The van der Waals surface area contributed by atoms with Gasteiger partial charge in [0.05, 0.1) is 18.3 Å². The van der Waals surface area contributed by atoms with Crippen molar-refractivity contribution in [2.75, 3.05) is 44.5 Å². The Morgan fingerprint density at radius 3 is 2.77 bits per heavy atom. The van der Waals surface area contributed by atoms with Crippen LogP contribution in [-0.2, 0) is 0 Å². The summed E-state index contributed by atoms with van der Waals surface area (Å²) in [6.07, 6.45) is 3.99. The summed E-state index contributed by atoms with van der Waals surface area (Å²) in [6, 6.07) is 22.0. The second-order valence-electron chi connectivity index (χ2n) is 9.17. The first kappa shape index (κ1) is 22.8. The van der Waals surface area contributed by atoms with E-state index in [0.29, 0.717) is 6.54 Å². The van der Waals surface area contributed by atoms with Gasteiger partial charge >= 0.3 is 6.03 Å². The van der Waals surface area contributed by atoms with Gasteiger partial charge in [0.2, 0.25) is 0 Å². The highest BCUT2D eigenvalue weighted by Crippen LogP contribution is 2.33. The van der Waals surface area contributed by atoms with Crippen molar-refractivity contribution in [3.8, 4) is 17.0 Å². The third kappa shape index (κ3) is 4.67. The summed E-state index contributed by atoms with van der Waals surface area (Å²) < 4.78 is 7.60. The molecule has 1 fully saturated rings. The van der Waals surface area contributed by atoms with Crippen molar-refractivity contribution in [3.63, 3.8) is 0 Å². The molecule has 4 aromatic rings. The number of anilines is 2. The number of piperidine rings is 1. The summed E-state index contributed by atoms with van der Waals surface area (Å²) in [7, 11) is 5.66. The molecule has 5 rings (SSSR count). The molecule has 1 aliphatic heterocycles. The van der Waals surface area contributed by atoms with Crippen molar-refractivity contribution in [3.05, 3.63) is 78.8 Å². The number of pyridine rings is 1. The highest BCUT2D eigenvalue weighted by molar-refractivity contribution is 5.90. The fourth-order valence-corrected chi connectivity index (χ4v) is 4.77. The zero-order valence-corrected chi connectivity index (χ0v) is 20.4. The second-order valence-corrected chi connectivity index (χ2v) is 9.17. The molecule has 1 atom stereocenters. The van der Waals surface area contributed by atoms with E-state index >= 15 is 0 Å². The van der Waals surface area contributed by atoms with E-state index in [9.17, 15) is 4.79 Å². The van der Waals surface area contributed by atoms with Crippen LogP contribution in [0.15, 0.2) is 72.9 Å². The number of hydrogen-bond acceptors (Lipinski definition) is 4. The van der Waals surface area contributed by atoms with E-state index in [1.54, 1.807) is 7.11 Å². The van der Waals surface area contributed by atoms with Gasteiger partial charge in [0, 0.05) is 56.2 Å². The molecule has 2 aromatic heterocycles. The molecule has 180 valence electrons. The van der Waals surface area contributed by atoms with Crippen molar-refractivity contribution >= 4 is 22.9 Å². The van der Waals surface area contributed by atoms with E-state index in [4.69, 9.17) is 9.72 Å². The topological polar surface area (TPSA) is 62.1 Å². The molecule has 0 unspecified atom stereocenters. The van der Waals surface area contributed by atoms with Gasteiger partial charge in [-0.3, -0.25) is 0 Å². The lowest BCUT2D eigenvalue weighted by atomic mass is 9.97. The average Bonchev–Trinajstić information content (AvgIpc) is 3.29.